The van der Waals surface area contributed by atoms with Gasteiger partial charge in [0.1, 0.15) is 49.8 Å². The summed E-state index contributed by atoms with van der Waals surface area (Å²) >= 11 is 0. The van der Waals surface area contributed by atoms with Crippen LogP contribution in [0.4, 0.5) is 0 Å². The molecule has 4 N–H and O–H groups in total. The zero-order valence-corrected chi connectivity index (χ0v) is 27.4. The van der Waals surface area contributed by atoms with Crippen molar-refractivity contribution in [3.05, 3.63) is 71.8 Å². The predicted octanol–water partition coefficient (Wildman–Crippen LogP) is 0.987. The van der Waals surface area contributed by atoms with Gasteiger partial charge in [-0.2, -0.15) is 0 Å². The van der Waals surface area contributed by atoms with Crippen LogP contribution < -0.4 is 0 Å². The summed E-state index contributed by atoms with van der Waals surface area (Å²) in [7, 11) is 0. The molecule has 0 radical (unpaired) electrons. The molecular formula is C34H46O14. The van der Waals surface area contributed by atoms with E-state index in [0.29, 0.717) is 0 Å². The van der Waals surface area contributed by atoms with Gasteiger partial charge < -0.3 is 58.3 Å². The van der Waals surface area contributed by atoms with Crippen molar-refractivity contribution in [1.29, 1.82) is 0 Å². The van der Waals surface area contributed by atoms with Gasteiger partial charge in [-0.3, -0.25) is 0 Å². The topological polar surface area (TPSA) is 189 Å². The van der Waals surface area contributed by atoms with Crippen LogP contribution in [0.1, 0.15) is 38.8 Å². The monoisotopic (exact) mass is 678 g/mol. The first-order valence-corrected chi connectivity index (χ1v) is 15.9. The number of rotatable bonds is 15. The van der Waals surface area contributed by atoms with Crippen LogP contribution in [-0.2, 0) is 60.7 Å². The fourth-order valence-corrected chi connectivity index (χ4v) is 5.19. The van der Waals surface area contributed by atoms with E-state index in [-0.39, 0.29) is 26.4 Å². The summed E-state index contributed by atoms with van der Waals surface area (Å²) in [5.41, 5.74) is 1.46. The highest BCUT2D eigenvalue weighted by molar-refractivity contribution is 5.76. The van der Waals surface area contributed by atoms with Crippen molar-refractivity contribution in [3.63, 3.8) is 0 Å². The van der Waals surface area contributed by atoms with Crippen LogP contribution >= 0.6 is 0 Å². The van der Waals surface area contributed by atoms with Gasteiger partial charge >= 0.3 is 11.9 Å². The Hall–Kier alpha value is -3.02. The Morgan fingerprint density at radius 3 is 1.56 bits per heavy atom. The number of aliphatic hydroxyl groups excluding tert-OH is 4. The van der Waals surface area contributed by atoms with Crippen LogP contribution in [0.25, 0.3) is 0 Å². The molecular weight excluding hydrogens is 632 g/mol. The lowest BCUT2D eigenvalue weighted by Crippen LogP contribution is -2.62. The molecule has 0 spiro atoms. The molecule has 2 saturated heterocycles. The molecule has 2 unspecified atom stereocenters. The third-order valence-electron chi connectivity index (χ3n) is 7.51. The summed E-state index contributed by atoms with van der Waals surface area (Å²) in [6, 6.07) is 17.9. The van der Waals surface area contributed by atoms with Crippen molar-refractivity contribution in [1.82, 2.24) is 0 Å². The number of esters is 2. The van der Waals surface area contributed by atoms with E-state index in [0.717, 1.165) is 11.1 Å². The van der Waals surface area contributed by atoms with Gasteiger partial charge in [-0.05, 0) is 38.8 Å². The van der Waals surface area contributed by atoms with Gasteiger partial charge in [0.25, 0.3) is 0 Å². The highest BCUT2D eigenvalue weighted by Gasteiger charge is 2.51. The number of benzene rings is 2. The lowest BCUT2D eigenvalue weighted by molar-refractivity contribution is -0.317. The van der Waals surface area contributed by atoms with Gasteiger partial charge in [0.2, 0.25) is 0 Å². The molecule has 48 heavy (non-hydrogen) atoms. The maximum Gasteiger partial charge on any atom is 0.338 e. The van der Waals surface area contributed by atoms with Crippen molar-refractivity contribution >= 4 is 11.9 Å². The molecule has 2 heterocycles. The molecule has 2 fully saturated rings. The highest BCUT2D eigenvalue weighted by atomic mass is 16.7. The summed E-state index contributed by atoms with van der Waals surface area (Å²) in [6.45, 7) is 6.09. The van der Waals surface area contributed by atoms with Gasteiger partial charge in [0.15, 0.2) is 24.8 Å². The zero-order valence-electron chi connectivity index (χ0n) is 27.4. The summed E-state index contributed by atoms with van der Waals surface area (Å²) in [6.07, 6.45) is -15.6. The predicted molar refractivity (Wildman–Crippen MR) is 166 cm³/mol. The molecule has 2 aromatic carbocycles. The summed E-state index contributed by atoms with van der Waals surface area (Å²) in [4.78, 5) is 26.2. The second-order valence-electron chi connectivity index (χ2n) is 12.0. The Morgan fingerprint density at radius 2 is 1.04 bits per heavy atom. The second kappa shape index (κ2) is 18.1. The minimum absolute atomic E-state index is 0.0540. The minimum atomic E-state index is -1.62. The standard InChI is InChI=1S/C34H46O14/c1-19(2)45-28-24(36)25(37)33(47-30(28)32(40)44-18-22-13-9-6-10-14-22)42-16-15-41-27-23(35)26(38)34(46-20(3)4)48-29(27)31(39)43-17-21-11-7-5-8-12-21/h5-14,19-20,23-30,33-38H,15-18H2,1-4H3/t23-,24-,25+,26+,27+,28+,29?,30?,33-,34-/m1/s1. The maximum atomic E-state index is 13.1. The van der Waals surface area contributed by atoms with Crippen molar-refractivity contribution in [2.24, 2.45) is 0 Å². The van der Waals surface area contributed by atoms with Crippen LogP contribution in [0.2, 0.25) is 0 Å². The number of hydrogen-bond acceptors (Lipinski definition) is 14. The highest BCUT2D eigenvalue weighted by Crippen LogP contribution is 2.28. The van der Waals surface area contributed by atoms with E-state index in [2.05, 4.69) is 0 Å². The molecule has 0 aromatic heterocycles. The molecule has 0 saturated carbocycles. The largest absolute Gasteiger partial charge is 0.459 e. The van der Waals surface area contributed by atoms with Gasteiger partial charge in [-0.15, -0.1) is 0 Å². The lowest BCUT2D eigenvalue weighted by atomic mass is 9.98. The van der Waals surface area contributed by atoms with Crippen molar-refractivity contribution < 1.29 is 67.9 Å². The van der Waals surface area contributed by atoms with E-state index in [1.54, 1.807) is 76.2 Å². The molecule has 2 aliphatic heterocycles. The molecule has 2 aromatic rings. The van der Waals surface area contributed by atoms with Crippen LogP contribution in [0, 0.1) is 0 Å². The van der Waals surface area contributed by atoms with Crippen molar-refractivity contribution in [2.45, 2.75) is 115 Å². The van der Waals surface area contributed by atoms with E-state index in [9.17, 15) is 30.0 Å². The van der Waals surface area contributed by atoms with E-state index >= 15 is 0 Å². The number of ether oxygens (including phenoxy) is 8. The minimum Gasteiger partial charge on any atom is -0.459 e. The first-order chi connectivity index (χ1) is 23.0. The van der Waals surface area contributed by atoms with E-state index in [1.165, 1.54) is 0 Å². The van der Waals surface area contributed by atoms with Gasteiger partial charge in [-0.1, -0.05) is 60.7 Å². The van der Waals surface area contributed by atoms with E-state index < -0.39 is 85.6 Å². The fraction of sp³-hybridized carbons (Fsp3) is 0.588. The summed E-state index contributed by atoms with van der Waals surface area (Å²) in [5.74, 6) is -1.68. The average molecular weight is 679 g/mol. The van der Waals surface area contributed by atoms with Crippen LogP contribution in [0.5, 0.6) is 0 Å². The molecule has 0 bridgehead atoms. The Labute approximate surface area is 279 Å². The Kier molecular flexibility index (Phi) is 14.3. The molecule has 0 amide bonds. The lowest BCUT2D eigenvalue weighted by Gasteiger charge is -2.42. The molecule has 2 aliphatic rings. The molecule has 4 rings (SSSR count). The van der Waals surface area contributed by atoms with E-state index in [1.807, 2.05) is 12.1 Å². The molecule has 266 valence electrons. The number of aliphatic hydroxyl groups is 4. The van der Waals surface area contributed by atoms with Crippen molar-refractivity contribution in [2.75, 3.05) is 13.2 Å². The Morgan fingerprint density at radius 1 is 0.604 bits per heavy atom. The van der Waals surface area contributed by atoms with E-state index in [4.69, 9.17) is 37.9 Å². The van der Waals surface area contributed by atoms with Crippen LogP contribution in [0.15, 0.2) is 60.7 Å². The summed E-state index contributed by atoms with van der Waals surface area (Å²) < 4.78 is 45.0. The zero-order chi connectivity index (χ0) is 34.8. The Bertz CT molecular complexity index is 1260. The summed E-state index contributed by atoms with van der Waals surface area (Å²) in [5, 5.41) is 43.3. The molecule has 14 heteroatoms. The van der Waals surface area contributed by atoms with Crippen LogP contribution in [0.3, 0.4) is 0 Å². The molecule has 10 atom stereocenters. The first kappa shape index (κ1) is 37.8. The third kappa shape index (κ3) is 10.2. The third-order valence-corrected chi connectivity index (χ3v) is 7.51. The molecule has 14 nitrogen and oxygen atoms in total. The smallest absolute Gasteiger partial charge is 0.338 e. The van der Waals surface area contributed by atoms with Crippen molar-refractivity contribution in [3.8, 4) is 0 Å². The fourth-order valence-electron chi connectivity index (χ4n) is 5.19. The second-order valence-corrected chi connectivity index (χ2v) is 12.0. The first-order valence-electron chi connectivity index (χ1n) is 15.9. The number of carbonyl (C=O) groups is 2. The van der Waals surface area contributed by atoms with Crippen LogP contribution in [-0.4, -0.2) is 119 Å². The average Bonchev–Trinajstić information content (AvgIpc) is 3.07. The number of hydrogen-bond donors (Lipinski definition) is 4. The van der Waals surface area contributed by atoms with Gasteiger partial charge in [-0.25, -0.2) is 9.59 Å². The number of carbonyl (C=O) groups excluding carboxylic acids is 2. The van der Waals surface area contributed by atoms with Gasteiger partial charge in [0.05, 0.1) is 25.4 Å². The SMILES string of the molecule is CC(C)O[C@@H]1OC(C(=O)OCc2ccccc2)[C@@H](OCCO[C@@H]2OC(C(=O)OCc3ccccc3)[C@@H](OC(C)C)[C@H](O)[C@@H]2O)[C@H](O)[C@@H]1O. The molecule has 0 aliphatic carbocycles. The quantitative estimate of drug-likeness (QED) is 0.154. The Balaban J connectivity index is 1.38. The maximum absolute atomic E-state index is 13.1. The van der Waals surface area contributed by atoms with Gasteiger partial charge in [0, 0.05) is 0 Å². The normalized spacial score (nSPS) is 30.7.